The van der Waals surface area contributed by atoms with Gasteiger partial charge in [0, 0.05) is 0 Å². The summed E-state index contributed by atoms with van der Waals surface area (Å²) < 4.78 is 0. The van der Waals surface area contributed by atoms with E-state index in [0.29, 0.717) is 5.69 Å². The molecule has 19 heavy (non-hydrogen) atoms. The van der Waals surface area contributed by atoms with Crippen LogP contribution in [0.15, 0.2) is 18.2 Å². The highest BCUT2D eigenvalue weighted by Gasteiger charge is 2.31. The molecule has 2 N–H and O–H groups in total. The van der Waals surface area contributed by atoms with E-state index in [0.717, 1.165) is 0 Å². The predicted octanol–water partition coefficient (Wildman–Crippen LogP) is 0.889. The summed E-state index contributed by atoms with van der Waals surface area (Å²) in [6, 6.07) is 3.62. The Morgan fingerprint density at radius 2 is 2.16 bits per heavy atom. The number of hydrogen-bond donors (Lipinski definition) is 2. The molecule has 0 saturated carbocycles. The van der Waals surface area contributed by atoms with E-state index < -0.39 is 23.8 Å². The van der Waals surface area contributed by atoms with Gasteiger partial charge in [0.1, 0.15) is 6.04 Å². The number of carboxylic acids is 1. The third-order valence-corrected chi connectivity index (χ3v) is 3.23. The highest BCUT2D eigenvalue weighted by Crippen LogP contribution is 2.29. The number of rotatable bonds is 2. The Hall–Kier alpha value is -2.08. The number of anilines is 1. The van der Waals surface area contributed by atoms with Crippen LogP contribution in [0.3, 0.4) is 0 Å². The standard InChI is InChI=1S/C12H11ClN2O4/c1-6-11(17)14-10(16)5-15(6)9-3-2-7(12(18)19)4-8(9)13/h2-4,6H,5H2,1H3,(H,18,19)(H,14,16,17). The molecule has 1 heterocycles. The number of hydrogen-bond acceptors (Lipinski definition) is 4. The number of benzene rings is 1. The fraction of sp³-hybridized carbons (Fsp3) is 0.250. The molecule has 2 rings (SSSR count). The molecule has 1 atom stereocenters. The summed E-state index contributed by atoms with van der Waals surface area (Å²) in [4.78, 5) is 35.3. The van der Waals surface area contributed by atoms with Crippen molar-refractivity contribution in [2.45, 2.75) is 13.0 Å². The van der Waals surface area contributed by atoms with Crippen molar-refractivity contribution in [1.82, 2.24) is 5.32 Å². The van der Waals surface area contributed by atoms with Gasteiger partial charge in [-0.05, 0) is 25.1 Å². The lowest BCUT2D eigenvalue weighted by molar-refractivity contribution is -0.132. The molecule has 6 nitrogen and oxygen atoms in total. The smallest absolute Gasteiger partial charge is 0.335 e. The van der Waals surface area contributed by atoms with Crippen LogP contribution in [0.25, 0.3) is 0 Å². The van der Waals surface area contributed by atoms with Crippen molar-refractivity contribution in [3.8, 4) is 0 Å². The maximum absolute atomic E-state index is 11.6. The van der Waals surface area contributed by atoms with Crippen molar-refractivity contribution in [2.24, 2.45) is 0 Å². The number of carbonyl (C=O) groups is 3. The number of carbonyl (C=O) groups excluding carboxylic acids is 2. The summed E-state index contributed by atoms with van der Waals surface area (Å²) in [7, 11) is 0. The van der Waals surface area contributed by atoms with Gasteiger partial charge < -0.3 is 10.0 Å². The van der Waals surface area contributed by atoms with Crippen LogP contribution >= 0.6 is 11.6 Å². The SMILES string of the molecule is CC1C(=O)NC(=O)CN1c1ccc(C(=O)O)cc1Cl. The van der Waals surface area contributed by atoms with Crippen molar-refractivity contribution in [3.05, 3.63) is 28.8 Å². The number of nitrogens with zero attached hydrogens (tertiary/aromatic N) is 1. The number of carboxylic acid groups (broad SMARTS) is 1. The van der Waals surface area contributed by atoms with Crippen LogP contribution in [0, 0.1) is 0 Å². The van der Waals surface area contributed by atoms with Crippen LogP contribution < -0.4 is 10.2 Å². The molecule has 0 aromatic heterocycles. The van der Waals surface area contributed by atoms with E-state index in [1.807, 2.05) is 0 Å². The highest BCUT2D eigenvalue weighted by molar-refractivity contribution is 6.33. The van der Waals surface area contributed by atoms with Crippen molar-refractivity contribution >= 4 is 35.1 Å². The first-order valence-electron chi connectivity index (χ1n) is 5.53. The van der Waals surface area contributed by atoms with Crippen LogP contribution in [0.4, 0.5) is 5.69 Å². The predicted molar refractivity (Wildman–Crippen MR) is 68.4 cm³/mol. The van der Waals surface area contributed by atoms with E-state index >= 15 is 0 Å². The molecular formula is C12H11ClN2O4. The zero-order chi connectivity index (χ0) is 14.2. The van der Waals surface area contributed by atoms with E-state index in [9.17, 15) is 14.4 Å². The maximum Gasteiger partial charge on any atom is 0.335 e. The first-order chi connectivity index (χ1) is 8.90. The first-order valence-corrected chi connectivity index (χ1v) is 5.91. The molecule has 100 valence electrons. The molecule has 0 radical (unpaired) electrons. The van der Waals surface area contributed by atoms with Crippen LogP contribution in [-0.4, -0.2) is 35.5 Å². The second kappa shape index (κ2) is 4.89. The van der Waals surface area contributed by atoms with Gasteiger partial charge in [-0.25, -0.2) is 4.79 Å². The number of piperazine rings is 1. The number of imide groups is 1. The largest absolute Gasteiger partial charge is 0.478 e. The summed E-state index contributed by atoms with van der Waals surface area (Å²) in [6.45, 7) is 1.64. The molecule has 0 bridgehead atoms. The monoisotopic (exact) mass is 282 g/mol. The minimum absolute atomic E-state index is 0.000948. The van der Waals surface area contributed by atoms with E-state index in [1.165, 1.54) is 23.1 Å². The number of amides is 2. The van der Waals surface area contributed by atoms with Gasteiger partial charge in [-0.1, -0.05) is 11.6 Å². The fourth-order valence-electron chi connectivity index (χ4n) is 1.88. The zero-order valence-electron chi connectivity index (χ0n) is 10.0. The van der Waals surface area contributed by atoms with Gasteiger partial charge in [-0.15, -0.1) is 0 Å². The second-order valence-corrected chi connectivity index (χ2v) is 4.59. The fourth-order valence-corrected chi connectivity index (χ4v) is 2.17. The Morgan fingerprint density at radius 1 is 1.47 bits per heavy atom. The molecule has 7 heteroatoms. The number of aromatic carboxylic acids is 1. The molecule has 1 aromatic carbocycles. The molecular weight excluding hydrogens is 272 g/mol. The zero-order valence-corrected chi connectivity index (χ0v) is 10.8. The summed E-state index contributed by atoms with van der Waals surface area (Å²) in [6.07, 6.45) is 0. The quantitative estimate of drug-likeness (QED) is 0.787. The molecule has 1 fully saturated rings. The summed E-state index contributed by atoms with van der Waals surface area (Å²) >= 11 is 6.02. The van der Waals surface area contributed by atoms with Crippen LogP contribution in [0.5, 0.6) is 0 Å². The van der Waals surface area contributed by atoms with Crippen molar-refractivity contribution in [2.75, 3.05) is 11.4 Å². The Bertz CT molecular complexity index is 573. The number of nitrogens with one attached hydrogen (secondary N) is 1. The Morgan fingerprint density at radius 3 is 2.74 bits per heavy atom. The van der Waals surface area contributed by atoms with E-state index in [4.69, 9.17) is 16.7 Å². The normalized spacial score (nSPS) is 19.3. The summed E-state index contributed by atoms with van der Waals surface area (Å²) in [5.74, 6) is -1.91. The summed E-state index contributed by atoms with van der Waals surface area (Å²) in [5, 5.41) is 11.3. The van der Waals surface area contributed by atoms with Gasteiger partial charge in [0.25, 0.3) is 0 Å². The van der Waals surface area contributed by atoms with Crippen molar-refractivity contribution in [1.29, 1.82) is 0 Å². The number of halogens is 1. The van der Waals surface area contributed by atoms with Gasteiger partial charge in [0.2, 0.25) is 11.8 Å². The minimum atomic E-state index is -1.09. The molecule has 1 aliphatic heterocycles. The van der Waals surface area contributed by atoms with E-state index in [-0.39, 0.29) is 17.1 Å². The average Bonchev–Trinajstić information content (AvgIpc) is 2.33. The lowest BCUT2D eigenvalue weighted by atomic mass is 10.1. The van der Waals surface area contributed by atoms with Crippen LogP contribution in [0.1, 0.15) is 17.3 Å². The van der Waals surface area contributed by atoms with Gasteiger partial charge >= 0.3 is 5.97 Å². The van der Waals surface area contributed by atoms with Crippen molar-refractivity contribution in [3.63, 3.8) is 0 Å². The average molecular weight is 283 g/mol. The Balaban J connectivity index is 2.38. The Labute approximate surface area is 114 Å². The van der Waals surface area contributed by atoms with Crippen molar-refractivity contribution < 1.29 is 19.5 Å². The molecule has 0 aliphatic carbocycles. The summed E-state index contributed by atoms with van der Waals surface area (Å²) in [5.41, 5.74) is 0.511. The molecule has 1 unspecified atom stereocenters. The highest BCUT2D eigenvalue weighted by atomic mass is 35.5. The minimum Gasteiger partial charge on any atom is -0.478 e. The maximum atomic E-state index is 11.6. The van der Waals surface area contributed by atoms with Crippen LogP contribution in [-0.2, 0) is 9.59 Å². The molecule has 2 amide bonds. The topological polar surface area (TPSA) is 86.7 Å². The van der Waals surface area contributed by atoms with Gasteiger partial charge in [0.05, 0.1) is 22.8 Å². The van der Waals surface area contributed by atoms with E-state index in [1.54, 1.807) is 6.92 Å². The molecule has 1 aromatic rings. The lowest BCUT2D eigenvalue weighted by Gasteiger charge is -2.34. The lowest BCUT2D eigenvalue weighted by Crippen LogP contribution is -2.57. The van der Waals surface area contributed by atoms with E-state index in [2.05, 4.69) is 5.32 Å². The second-order valence-electron chi connectivity index (χ2n) is 4.19. The Kier molecular flexibility index (Phi) is 3.44. The van der Waals surface area contributed by atoms with Crippen LogP contribution in [0.2, 0.25) is 5.02 Å². The third-order valence-electron chi connectivity index (χ3n) is 2.93. The van der Waals surface area contributed by atoms with Gasteiger partial charge in [0.15, 0.2) is 0 Å². The van der Waals surface area contributed by atoms with Gasteiger partial charge in [-0.2, -0.15) is 0 Å². The molecule has 0 spiro atoms. The van der Waals surface area contributed by atoms with Gasteiger partial charge in [-0.3, -0.25) is 14.9 Å². The molecule has 1 aliphatic rings. The molecule has 1 saturated heterocycles. The third kappa shape index (κ3) is 2.53. The first kappa shape index (κ1) is 13.4.